The zero-order valence-electron chi connectivity index (χ0n) is 8.95. The van der Waals surface area contributed by atoms with Crippen LogP contribution in [0.15, 0.2) is 6.07 Å². The van der Waals surface area contributed by atoms with Crippen LogP contribution in [0.5, 0.6) is 0 Å². The van der Waals surface area contributed by atoms with E-state index < -0.39 is 6.10 Å². The van der Waals surface area contributed by atoms with Crippen molar-refractivity contribution in [2.75, 3.05) is 6.61 Å². The fraction of sp³-hybridized carbons (Fsp3) is 0.636. The molecule has 2 heterocycles. The van der Waals surface area contributed by atoms with E-state index in [4.69, 9.17) is 27.9 Å². The van der Waals surface area contributed by atoms with E-state index in [0.717, 1.165) is 25.0 Å². The third kappa shape index (κ3) is 2.39. The van der Waals surface area contributed by atoms with Gasteiger partial charge in [-0.05, 0) is 18.9 Å². The number of hydrogen-bond acceptors (Lipinski definition) is 3. The van der Waals surface area contributed by atoms with Crippen LogP contribution in [0.4, 0.5) is 0 Å². The van der Waals surface area contributed by atoms with Gasteiger partial charge in [0.25, 0.3) is 0 Å². The summed E-state index contributed by atoms with van der Waals surface area (Å²) in [6.45, 7) is 2.79. The molecule has 5 heteroatoms. The average molecular weight is 281 g/mol. The summed E-state index contributed by atoms with van der Waals surface area (Å²) in [5.41, 5.74) is 0.741. The summed E-state index contributed by atoms with van der Waals surface area (Å²) in [6, 6.07) is 1.75. The predicted molar refractivity (Wildman–Crippen MR) is 67.4 cm³/mol. The van der Waals surface area contributed by atoms with Crippen molar-refractivity contribution in [3.63, 3.8) is 0 Å². The smallest absolute Gasteiger partial charge is 0.100 e. The Kier molecular flexibility index (Phi) is 4.14. The molecule has 0 spiro atoms. The van der Waals surface area contributed by atoms with Gasteiger partial charge in [-0.3, -0.25) is 0 Å². The number of rotatable bonds is 3. The molecule has 0 bridgehead atoms. The van der Waals surface area contributed by atoms with E-state index >= 15 is 0 Å². The highest BCUT2D eigenvalue weighted by Crippen LogP contribution is 2.41. The van der Waals surface area contributed by atoms with Crippen LogP contribution >= 0.6 is 34.5 Å². The van der Waals surface area contributed by atoms with Gasteiger partial charge >= 0.3 is 0 Å². The number of thiophene rings is 1. The maximum absolute atomic E-state index is 10.3. The van der Waals surface area contributed by atoms with Crippen molar-refractivity contribution in [2.24, 2.45) is 5.92 Å². The first kappa shape index (κ1) is 12.7. The summed E-state index contributed by atoms with van der Waals surface area (Å²) in [5.74, 6) is 0.133. The highest BCUT2D eigenvalue weighted by Gasteiger charge is 2.34. The quantitative estimate of drug-likeness (QED) is 0.910. The third-order valence-corrected chi connectivity index (χ3v) is 4.59. The molecule has 0 radical (unpaired) electrons. The van der Waals surface area contributed by atoms with Gasteiger partial charge in [-0.15, -0.1) is 11.3 Å². The van der Waals surface area contributed by atoms with Crippen LogP contribution in [0.1, 0.15) is 31.4 Å². The molecular formula is C11H14Cl2O2S. The lowest BCUT2D eigenvalue weighted by Gasteiger charge is -2.22. The highest BCUT2D eigenvalue weighted by molar-refractivity contribution is 7.20. The second-order valence-corrected chi connectivity index (χ2v) is 6.28. The lowest BCUT2D eigenvalue weighted by molar-refractivity contribution is 0.0310. The molecule has 1 saturated heterocycles. The minimum Gasteiger partial charge on any atom is -0.388 e. The first-order valence-electron chi connectivity index (χ1n) is 5.38. The summed E-state index contributed by atoms with van der Waals surface area (Å²) in [7, 11) is 0. The standard InChI is InChI=1S/C11H14Cl2O2S/c1-2-8-6(3-4-15-8)10(14)7-5-9(12)16-11(7)13/h5-6,8,10,14H,2-4H2,1H3. The zero-order chi connectivity index (χ0) is 11.7. The van der Waals surface area contributed by atoms with Gasteiger partial charge in [-0.25, -0.2) is 0 Å². The summed E-state index contributed by atoms with van der Waals surface area (Å²) < 4.78 is 6.77. The number of aliphatic hydroxyl groups is 1. The van der Waals surface area contributed by atoms with Crippen LogP contribution < -0.4 is 0 Å². The Morgan fingerprint density at radius 2 is 2.38 bits per heavy atom. The average Bonchev–Trinajstić information content (AvgIpc) is 2.83. The van der Waals surface area contributed by atoms with Crippen LogP contribution in [0.25, 0.3) is 0 Å². The molecule has 2 nitrogen and oxygen atoms in total. The number of hydrogen-bond donors (Lipinski definition) is 1. The minimum absolute atomic E-state index is 0.129. The Bertz CT molecular complexity index is 367. The first-order valence-corrected chi connectivity index (χ1v) is 6.95. The van der Waals surface area contributed by atoms with Gasteiger partial charge < -0.3 is 9.84 Å². The van der Waals surface area contributed by atoms with E-state index in [-0.39, 0.29) is 12.0 Å². The van der Waals surface area contributed by atoms with Crippen LogP contribution in [0.2, 0.25) is 8.67 Å². The maximum atomic E-state index is 10.3. The van der Waals surface area contributed by atoms with Crippen LogP contribution in [0, 0.1) is 5.92 Å². The summed E-state index contributed by atoms with van der Waals surface area (Å²) in [4.78, 5) is 0. The molecule has 90 valence electrons. The Hall–Kier alpha value is 0.200. The molecule has 1 fully saturated rings. The van der Waals surface area contributed by atoms with Gasteiger partial charge in [0, 0.05) is 18.1 Å². The molecule has 0 aliphatic carbocycles. The molecule has 1 aromatic rings. The zero-order valence-corrected chi connectivity index (χ0v) is 11.3. The first-order chi connectivity index (χ1) is 7.63. The molecule has 1 N–H and O–H groups in total. The molecule has 1 aliphatic rings. The van der Waals surface area contributed by atoms with E-state index in [1.165, 1.54) is 11.3 Å². The number of halogens is 2. The Morgan fingerprint density at radius 1 is 1.62 bits per heavy atom. The van der Waals surface area contributed by atoms with Crippen molar-refractivity contribution in [1.82, 2.24) is 0 Å². The second-order valence-electron chi connectivity index (χ2n) is 3.99. The Balaban J connectivity index is 2.18. The Labute approximate surface area is 109 Å². The van der Waals surface area contributed by atoms with Gasteiger partial charge in [0.05, 0.1) is 16.5 Å². The Morgan fingerprint density at radius 3 is 2.94 bits per heavy atom. The van der Waals surface area contributed by atoms with Crippen LogP contribution in [0.3, 0.4) is 0 Å². The van der Waals surface area contributed by atoms with E-state index in [9.17, 15) is 5.11 Å². The molecule has 0 aromatic carbocycles. The molecule has 3 atom stereocenters. The van der Waals surface area contributed by atoms with E-state index in [1.807, 2.05) is 0 Å². The van der Waals surface area contributed by atoms with Crippen molar-refractivity contribution in [3.8, 4) is 0 Å². The van der Waals surface area contributed by atoms with Gasteiger partial charge in [0.2, 0.25) is 0 Å². The van der Waals surface area contributed by atoms with Crippen LogP contribution in [-0.2, 0) is 4.74 Å². The molecule has 16 heavy (non-hydrogen) atoms. The second kappa shape index (κ2) is 5.23. The third-order valence-electron chi connectivity index (χ3n) is 3.07. The molecule has 0 saturated carbocycles. The summed E-state index contributed by atoms with van der Waals surface area (Å²) in [5, 5.41) is 10.3. The van der Waals surface area contributed by atoms with Gasteiger partial charge in [0.15, 0.2) is 0 Å². The number of ether oxygens (including phenoxy) is 1. The van der Waals surface area contributed by atoms with E-state index in [0.29, 0.717) is 8.67 Å². The lowest BCUT2D eigenvalue weighted by Crippen LogP contribution is -2.21. The minimum atomic E-state index is -0.566. The van der Waals surface area contributed by atoms with Crippen molar-refractivity contribution < 1.29 is 9.84 Å². The van der Waals surface area contributed by atoms with Crippen molar-refractivity contribution >= 4 is 34.5 Å². The van der Waals surface area contributed by atoms with Crippen molar-refractivity contribution in [1.29, 1.82) is 0 Å². The largest absolute Gasteiger partial charge is 0.388 e. The normalized spacial score (nSPS) is 27.2. The van der Waals surface area contributed by atoms with Gasteiger partial charge in [0.1, 0.15) is 4.34 Å². The summed E-state index contributed by atoms with van der Waals surface area (Å²) in [6.07, 6.45) is 1.36. The predicted octanol–water partition coefficient (Wildman–Crippen LogP) is 3.90. The SMILES string of the molecule is CCC1OCCC1C(O)c1cc(Cl)sc1Cl. The fourth-order valence-corrected chi connectivity index (χ4v) is 3.77. The monoisotopic (exact) mass is 280 g/mol. The fourth-order valence-electron chi connectivity index (χ4n) is 2.23. The molecule has 2 rings (SSSR count). The van der Waals surface area contributed by atoms with E-state index in [1.54, 1.807) is 6.07 Å². The van der Waals surface area contributed by atoms with Crippen molar-refractivity contribution in [2.45, 2.75) is 32.0 Å². The molecule has 3 unspecified atom stereocenters. The maximum Gasteiger partial charge on any atom is 0.100 e. The molecule has 0 amide bonds. The lowest BCUT2D eigenvalue weighted by atomic mass is 9.90. The molecular weight excluding hydrogens is 267 g/mol. The molecule has 1 aromatic heterocycles. The van der Waals surface area contributed by atoms with E-state index in [2.05, 4.69) is 6.92 Å². The van der Waals surface area contributed by atoms with Gasteiger partial charge in [-0.1, -0.05) is 30.1 Å². The number of aliphatic hydroxyl groups excluding tert-OH is 1. The van der Waals surface area contributed by atoms with Gasteiger partial charge in [-0.2, -0.15) is 0 Å². The molecule has 1 aliphatic heterocycles. The van der Waals surface area contributed by atoms with Crippen molar-refractivity contribution in [3.05, 3.63) is 20.3 Å². The van der Waals surface area contributed by atoms with Crippen LogP contribution in [-0.4, -0.2) is 17.8 Å². The topological polar surface area (TPSA) is 29.5 Å². The highest BCUT2D eigenvalue weighted by atomic mass is 35.5. The summed E-state index contributed by atoms with van der Waals surface area (Å²) >= 11 is 13.2.